The highest BCUT2D eigenvalue weighted by Gasteiger charge is 2.28. The number of para-hydroxylation sites is 1. The first kappa shape index (κ1) is 16.5. The highest BCUT2D eigenvalue weighted by atomic mass is 32.2. The summed E-state index contributed by atoms with van der Waals surface area (Å²) < 4.78 is 27.0. The largest absolute Gasteiger partial charge is 0.334 e. The molecule has 0 bridgehead atoms. The van der Waals surface area contributed by atoms with Crippen LogP contribution >= 0.6 is 0 Å². The van der Waals surface area contributed by atoms with Crippen LogP contribution in [-0.4, -0.2) is 38.4 Å². The van der Waals surface area contributed by atoms with Crippen molar-refractivity contribution in [3.8, 4) is 0 Å². The van der Waals surface area contributed by atoms with Crippen LogP contribution in [0.15, 0.2) is 41.8 Å². The molecule has 1 aromatic rings. The SMILES string of the molecule is C=CCNC(=O)Nc1ccccc1S(=O)(=O)N1CCCCC1. The van der Waals surface area contributed by atoms with E-state index >= 15 is 0 Å². The number of nitrogens with one attached hydrogen (secondary N) is 2. The van der Waals surface area contributed by atoms with E-state index in [1.807, 2.05) is 0 Å². The van der Waals surface area contributed by atoms with Gasteiger partial charge in [0.15, 0.2) is 0 Å². The number of rotatable bonds is 5. The molecule has 7 heteroatoms. The van der Waals surface area contributed by atoms with Crippen LogP contribution in [0.3, 0.4) is 0 Å². The van der Waals surface area contributed by atoms with Crippen LogP contribution in [0.25, 0.3) is 0 Å². The standard InChI is InChI=1S/C15H21N3O3S/c1-2-10-16-15(19)17-13-8-4-5-9-14(13)22(20,21)18-11-6-3-7-12-18/h2,4-5,8-9H,1,3,6-7,10-12H2,(H2,16,17,19). The summed E-state index contributed by atoms with van der Waals surface area (Å²) in [5.41, 5.74) is 0.287. The summed E-state index contributed by atoms with van der Waals surface area (Å²) in [7, 11) is -3.59. The van der Waals surface area contributed by atoms with Crippen LogP contribution < -0.4 is 10.6 Å². The number of sulfonamides is 1. The van der Waals surface area contributed by atoms with Gasteiger partial charge in [0, 0.05) is 19.6 Å². The Balaban J connectivity index is 2.23. The summed E-state index contributed by atoms with van der Waals surface area (Å²) in [6.45, 7) is 4.88. The third-order valence-corrected chi connectivity index (χ3v) is 5.43. The molecule has 1 aliphatic heterocycles. The number of hydrogen-bond donors (Lipinski definition) is 2. The normalized spacial score (nSPS) is 16.0. The smallest absolute Gasteiger partial charge is 0.319 e. The lowest BCUT2D eigenvalue weighted by Gasteiger charge is -2.26. The number of carbonyl (C=O) groups is 1. The Morgan fingerprint density at radius 1 is 1.23 bits per heavy atom. The van der Waals surface area contributed by atoms with Crippen LogP contribution in [0.4, 0.5) is 10.5 Å². The molecule has 0 spiro atoms. The fourth-order valence-corrected chi connectivity index (χ4v) is 4.04. The van der Waals surface area contributed by atoms with E-state index in [1.54, 1.807) is 24.3 Å². The minimum atomic E-state index is -3.59. The molecule has 0 saturated carbocycles. The molecule has 6 nitrogen and oxygen atoms in total. The van der Waals surface area contributed by atoms with Crippen molar-refractivity contribution in [1.29, 1.82) is 0 Å². The molecule has 2 N–H and O–H groups in total. The third-order valence-electron chi connectivity index (χ3n) is 3.48. The van der Waals surface area contributed by atoms with Crippen molar-refractivity contribution in [2.75, 3.05) is 25.0 Å². The Kier molecular flexibility index (Phi) is 5.57. The van der Waals surface area contributed by atoms with E-state index in [0.29, 0.717) is 19.6 Å². The molecule has 0 aliphatic carbocycles. The molecule has 2 amide bonds. The second kappa shape index (κ2) is 7.42. The van der Waals surface area contributed by atoms with E-state index in [9.17, 15) is 13.2 Å². The van der Waals surface area contributed by atoms with Crippen LogP contribution in [0, 0.1) is 0 Å². The summed E-state index contributed by atoms with van der Waals surface area (Å²) in [6, 6.07) is 6.00. The molecule has 0 unspecified atom stereocenters. The number of amides is 2. The molecule has 120 valence electrons. The molecular weight excluding hydrogens is 302 g/mol. The van der Waals surface area contributed by atoms with Crippen molar-refractivity contribution < 1.29 is 13.2 Å². The minimum absolute atomic E-state index is 0.130. The molecule has 1 aliphatic rings. The zero-order valence-electron chi connectivity index (χ0n) is 12.4. The van der Waals surface area contributed by atoms with Crippen molar-refractivity contribution in [2.24, 2.45) is 0 Å². The fraction of sp³-hybridized carbons (Fsp3) is 0.400. The van der Waals surface area contributed by atoms with Crippen molar-refractivity contribution in [3.05, 3.63) is 36.9 Å². The summed E-state index contributed by atoms with van der Waals surface area (Å²) in [6.07, 6.45) is 4.34. The van der Waals surface area contributed by atoms with E-state index < -0.39 is 16.1 Å². The lowest BCUT2D eigenvalue weighted by molar-refractivity contribution is 0.253. The lowest BCUT2D eigenvalue weighted by atomic mass is 10.2. The van der Waals surface area contributed by atoms with Crippen LogP contribution in [0.2, 0.25) is 0 Å². The molecule has 1 heterocycles. The van der Waals surface area contributed by atoms with Gasteiger partial charge in [0.2, 0.25) is 10.0 Å². The Hall–Kier alpha value is -1.86. The molecule has 0 radical (unpaired) electrons. The predicted molar refractivity (Wildman–Crippen MR) is 86.3 cm³/mol. The molecule has 1 aromatic carbocycles. The van der Waals surface area contributed by atoms with Crippen molar-refractivity contribution in [2.45, 2.75) is 24.2 Å². The molecule has 1 fully saturated rings. The molecule has 0 aromatic heterocycles. The molecule has 22 heavy (non-hydrogen) atoms. The average molecular weight is 323 g/mol. The maximum atomic E-state index is 12.7. The van der Waals surface area contributed by atoms with E-state index in [4.69, 9.17) is 0 Å². The predicted octanol–water partition coefficient (Wildman–Crippen LogP) is 2.17. The van der Waals surface area contributed by atoms with Crippen molar-refractivity contribution in [1.82, 2.24) is 9.62 Å². The Morgan fingerprint density at radius 3 is 2.59 bits per heavy atom. The number of urea groups is 1. The summed E-state index contributed by atoms with van der Waals surface area (Å²) in [5.74, 6) is 0. The quantitative estimate of drug-likeness (QED) is 0.815. The van der Waals surface area contributed by atoms with Gasteiger partial charge in [-0.05, 0) is 25.0 Å². The third kappa shape index (κ3) is 3.86. The maximum Gasteiger partial charge on any atom is 0.319 e. The number of benzene rings is 1. The lowest BCUT2D eigenvalue weighted by Crippen LogP contribution is -2.36. The summed E-state index contributed by atoms with van der Waals surface area (Å²) in [5, 5.41) is 5.15. The zero-order valence-corrected chi connectivity index (χ0v) is 13.2. The maximum absolute atomic E-state index is 12.7. The highest BCUT2D eigenvalue weighted by molar-refractivity contribution is 7.89. The number of piperidine rings is 1. The Labute approximate surface area is 131 Å². The Bertz CT molecular complexity index is 637. The van der Waals surface area contributed by atoms with Gasteiger partial charge in [0.25, 0.3) is 0 Å². The van der Waals surface area contributed by atoms with Gasteiger partial charge in [0.05, 0.1) is 5.69 Å². The minimum Gasteiger partial charge on any atom is -0.334 e. The van der Waals surface area contributed by atoms with E-state index in [2.05, 4.69) is 17.2 Å². The monoisotopic (exact) mass is 323 g/mol. The average Bonchev–Trinajstić information content (AvgIpc) is 2.54. The second-order valence-corrected chi connectivity index (χ2v) is 6.99. The van der Waals surface area contributed by atoms with E-state index in [0.717, 1.165) is 19.3 Å². The molecule has 2 rings (SSSR count). The van der Waals surface area contributed by atoms with Crippen molar-refractivity contribution >= 4 is 21.7 Å². The first-order chi connectivity index (χ1) is 10.6. The highest BCUT2D eigenvalue weighted by Crippen LogP contribution is 2.26. The van der Waals surface area contributed by atoms with Gasteiger partial charge >= 0.3 is 6.03 Å². The second-order valence-electron chi connectivity index (χ2n) is 5.08. The van der Waals surface area contributed by atoms with Crippen LogP contribution in [0.5, 0.6) is 0 Å². The van der Waals surface area contributed by atoms with E-state index in [1.165, 1.54) is 10.4 Å². The van der Waals surface area contributed by atoms with Gasteiger partial charge in [-0.1, -0.05) is 24.6 Å². The molecule has 1 saturated heterocycles. The van der Waals surface area contributed by atoms with Crippen molar-refractivity contribution in [3.63, 3.8) is 0 Å². The summed E-state index contributed by atoms with van der Waals surface area (Å²) in [4.78, 5) is 11.9. The van der Waals surface area contributed by atoms with Gasteiger partial charge in [-0.25, -0.2) is 13.2 Å². The van der Waals surface area contributed by atoms with Gasteiger partial charge < -0.3 is 10.6 Å². The number of nitrogens with zero attached hydrogens (tertiary/aromatic N) is 1. The summed E-state index contributed by atoms with van der Waals surface area (Å²) >= 11 is 0. The first-order valence-electron chi connectivity index (χ1n) is 7.30. The van der Waals surface area contributed by atoms with Crippen LogP contribution in [0.1, 0.15) is 19.3 Å². The number of hydrogen-bond acceptors (Lipinski definition) is 3. The fourth-order valence-electron chi connectivity index (χ4n) is 2.37. The van der Waals surface area contributed by atoms with E-state index in [-0.39, 0.29) is 10.6 Å². The van der Waals surface area contributed by atoms with Gasteiger partial charge in [-0.15, -0.1) is 6.58 Å². The zero-order chi connectivity index (χ0) is 16.0. The van der Waals surface area contributed by atoms with Gasteiger partial charge in [-0.3, -0.25) is 0 Å². The first-order valence-corrected chi connectivity index (χ1v) is 8.74. The molecule has 0 atom stereocenters. The number of anilines is 1. The van der Waals surface area contributed by atoms with Gasteiger partial charge in [0.1, 0.15) is 4.90 Å². The number of carbonyl (C=O) groups excluding carboxylic acids is 1. The molecular formula is C15H21N3O3S. The van der Waals surface area contributed by atoms with Gasteiger partial charge in [-0.2, -0.15) is 4.31 Å². The Morgan fingerprint density at radius 2 is 1.91 bits per heavy atom. The van der Waals surface area contributed by atoms with Crippen LogP contribution in [-0.2, 0) is 10.0 Å². The topological polar surface area (TPSA) is 78.5 Å².